The molecule has 1 aromatic rings. The molecule has 0 spiro atoms. The van der Waals surface area contributed by atoms with Gasteiger partial charge in [0, 0.05) is 15.3 Å². The van der Waals surface area contributed by atoms with Gasteiger partial charge < -0.3 is 10.0 Å². The van der Waals surface area contributed by atoms with E-state index in [-0.39, 0.29) is 6.04 Å². The molecule has 4 nitrogen and oxygen atoms in total. The minimum Gasteiger partial charge on any atom is -0.465 e. The average molecular weight is 360 g/mol. The third-order valence-corrected chi connectivity index (χ3v) is 4.08. The van der Waals surface area contributed by atoms with Crippen molar-refractivity contribution in [2.75, 3.05) is 25.0 Å². The number of nitrogens with zero attached hydrogens (tertiary/aromatic N) is 2. The van der Waals surface area contributed by atoms with Gasteiger partial charge in [-0.05, 0) is 79.8 Å². The number of likely N-dealkylation sites (tertiary alicyclic amines) is 1. The predicted octanol–water partition coefficient (Wildman–Crippen LogP) is 2.87. The Hall–Kier alpha value is -0.820. The molecular formula is C13H17IN2O2. The summed E-state index contributed by atoms with van der Waals surface area (Å²) in [4.78, 5) is 15.2. The number of piperidine rings is 1. The van der Waals surface area contributed by atoms with E-state index in [1.165, 1.54) is 4.90 Å². The van der Waals surface area contributed by atoms with Crippen molar-refractivity contribution in [1.29, 1.82) is 0 Å². The third-order valence-electron chi connectivity index (χ3n) is 3.36. The highest BCUT2D eigenvalue weighted by molar-refractivity contribution is 14.1. The lowest BCUT2D eigenvalue weighted by atomic mass is 10.0. The fourth-order valence-electron chi connectivity index (χ4n) is 2.33. The summed E-state index contributed by atoms with van der Waals surface area (Å²) in [5.74, 6) is 0. The molecule has 0 aromatic heterocycles. The van der Waals surface area contributed by atoms with Crippen LogP contribution in [0.1, 0.15) is 12.8 Å². The van der Waals surface area contributed by atoms with E-state index in [4.69, 9.17) is 0 Å². The van der Waals surface area contributed by atoms with Crippen molar-refractivity contribution in [2.45, 2.75) is 18.9 Å². The zero-order chi connectivity index (χ0) is 13.1. The quantitative estimate of drug-likeness (QED) is 0.825. The second-order valence-electron chi connectivity index (χ2n) is 4.66. The topological polar surface area (TPSA) is 43.8 Å². The van der Waals surface area contributed by atoms with E-state index in [0.29, 0.717) is 0 Å². The summed E-state index contributed by atoms with van der Waals surface area (Å²) in [6.07, 6.45) is 0.939. The van der Waals surface area contributed by atoms with Gasteiger partial charge in [-0.1, -0.05) is 0 Å². The minimum absolute atomic E-state index is 0.0961. The summed E-state index contributed by atoms with van der Waals surface area (Å²) in [6, 6.07) is 7.75. The molecule has 0 radical (unpaired) electrons. The SMILES string of the molecule is CN1CCC(N(C(=O)O)c2ccc(I)cc2)CC1. The fourth-order valence-corrected chi connectivity index (χ4v) is 2.69. The molecule has 1 N–H and O–H groups in total. The molecule has 0 unspecified atom stereocenters. The van der Waals surface area contributed by atoms with Crippen molar-refractivity contribution in [2.24, 2.45) is 0 Å². The molecule has 5 heteroatoms. The molecule has 1 heterocycles. The lowest BCUT2D eigenvalue weighted by molar-refractivity contribution is 0.190. The van der Waals surface area contributed by atoms with Gasteiger partial charge in [0.2, 0.25) is 0 Å². The van der Waals surface area contributed by atoms with Crippen LogP contribution in [0.4, 0.5) is 10.5 Å². The number of amides is 1. The highest BCUT2D eigenvalue weighted by Gasteiger charge is 2.27. The second-order valence-corrected chi connectivity index (χ2v) is 5.91. The van der Waals surface area contributed by atoms with Crippen LogP contribution in [-0.4, -0.2) is 42.3 Å². The number of carbonyl (C=O) groups is 1. The van der Waals surface area contributed by atoms with Crippen LogP contribution in [-0.2, 0) is 0 Å². The Kier molecular flexibility index (Phi) is 4.45. The monoisotopic (exact) mass is 360 g/mol. The Morgan fingerprint density at radius 3 is 2.39 bits per heavy atom. The lowest BCUT2D eigenvalue weighted by Crippen LogP contribution is -2.46. The molecule has 0 bridgehead atoms. The van der Waals surface area contributed by atoms with Gasteiger partial charge in [-0.15, -0.1) is 0 Å². The Morgan fingerprint density at radius 2 is 1.89 bits per heavy atom. The highest BCUT2D eigenvalue weighted by Crippen LogP contribution is 2.24. The van der Waals surface area contributed by atoms with Gasteiger partial charge in [0.05, 0.1) is 0 Å². The molecule has 98 valence electrons. The largest absolute Gasteiger partial charge is 0.465 e. The van der Waals surface area contributed by atoms with Crippen LogP contribution in [0.25, 0.3) is 0 Å². The molecule has 2 rings (SSSR count). The van der Waals surface area contributed by atoms with Gasteiger partial charge >= 0.3 is 6.09 Å². The van der Waals surface area contributed by atoms with Gasteiger partial charge in [-0.3, -0.25) is 4.90 Å². The molecule has 0 atom stereocenters. The molecule has 0 saturated carbocycles. The molecular weight excluding hydrogens is 343 g/mol. The maximum atomic E-state index is 11.5. The van der Waals surface area contributed by atoms with Gasteiger partial charge in [0.15, 0.2) is 0 Å². The van der Waals surface area contributed by atoms with Gasteiger partial charge in [-0.2, -0.15) is 0 Å². The summed E-state index contributed by atoms with van der Waals surface area (Å²) >= 11 is 2.22. The highest BCUT2D eigenvalue weighted by atomic mass is 127. The Labute approximate surface area is 121 Å². The van der Waals surface area contributed by atoms with E-state index in [1.54, 1.807) is 0 Å². The van der Waals surface area contributed by atoms with Crippen molar-refractivity contribution < 1.29 is 9.90 Å². The standard InChI is InChI=1S/C13H17IN2O2/c1-15-8-6-12(7-9-15)16(13(17)18)11-4-2-10(14)3-5-11/h2-5,12H,6-9H2,1H3,(H,17,18). The smallest absolute Gasteiger partial charge is 0.412 e. The number of hydrogen-bond acceptors (Lipinski definition) is 2. The summed E-state index contributed by atoms with van der Waals surface area (Å²) in [5, 5.41) is 9.42. The zero-order valence-electron chi connectivity index (χ0n) is 10.3. The van der Waals surface area contributed by atoms with Gasteiger partial charge in [0.1, 0.15) is 0 Å². The first kappa shape index (κ1) is 13.6. The molecule has 1 fully saturated rings. The van der Waals surface area contributed by atoms with Crippen molar-refractivity contribution in [3.8, 4) is 0 Å². The summed E-state index contributed by atoms with van der Waals surface area (Å²) in [5.41, 5.74) is 0.775. The number of carboxylic acid groups (broad SMARTS) is 1. The molecule has 18 heavy (non-hydrogen) atoms. The average Bonchev–Trinajstić information content (AvgIpc) is 2.34. The molecule has 1 aliphatic heterocycles. The Morgan fingerprint density at radius 1 is 1.33 bits per heavy atom. The van der Waals surface area contributed by atoms with E-state index >= 15 is 0 Å². The number of halogens is 1. The predicted molar refractivity (Wildman–Crippen MR) is 80.2 cm³/mol. The van der Waals surface area contributed by atoms with Crippen LogP contribution in [0.5, 0.6) is 0 Å². The van der Waals surface area contributed by atoms with Crippen molar-refractivity contribution >= 4 is 34.4 Å². The zero-order valence-corrected chi connectivity index (χ0v) is 12.5. The van der Waals surface area contributed by atoms with Crippen molar-refractivity contribution in [3.05, 3.63) is 27.8 Å². The van der Waals surface area contributed by atoms with E-state index in [9.17, 15) is 9.90 Å². The molecule has 1 aliphatic rings. The summed E-state index contributed by atoms with van der Waals surface area (Å²) < 4.78 is 1.12. The third kappa shape index (κ3) is 3.14. The first-order valence-electron chi connectivity index (χ1n) is 6.04. The van der Waals surface area contributed by atoms with Crippen LogP contribution >= 0.6 is 22.6 Å². The number of hydrogen-bond donors (Lipinski definition) is 1. The Balaban J connectivity index is 2.18. The molecule has 0 aliphatic carbocycles. The molecule has 1 amide bonds. The van der Waals surface area contributed by atoms with Gasteiger partial charge in [0.25, 0.3) is 0 Å². The fraction of sp³-hybridized carbons (Fsp3) is 0.462. The van der Waals surface area contributed by atoms with Crippen LogP contribution in [0.3, 0.4) is 0 Å². The van der Waals surface area contributed by atoms with Crippen molar-refractivity contribution in [3.63, 3.8) is 0 Å². The first-order valence-corrected chi connectivity index (χ1v) is 7.12. The van der Waals surface area contributed by atoms with Gasteiger partial charge in [-0.25, -0.2) is 4.79 Å². The number of rotatable bonds is 2. The normalized spacial score (nSPS) is 17.7. The molecule has 1 aromatic carbocycles. The van der Waals surface area contributed by atoms with Crippen LogP contribution < -0.4 is 4.90 Å². The van der Waals surface area contributed by atoms with E-state index in [1.807, 2.05) is 24.3 Å². The minimum atomic E-state index is -0.856. The lowest BCUT2D eigenvalue weighted by Gasteiger charge is -2.35. The van der Waals surface area contributed by atoms with E-state index in [0.717, 1.165) is 35.2 Å². The first-order chi connectivity index (χ1) is 8.58. The van der Waals surface area contributed by atoms with E-state index < -0.39 is 6.09 Å². The second kappa shape index (κ2) is 5.88. The maximum absolute atomic E-state index is 11.5. The molecule has 1 saturated heterocycles. The summed E-state index contributed by atoms with van der Waals surface area (Å²) in [6.45, 7) is 1.91. The maximum Gasteiger partial charge on any atom is 0.412 e. The Bertz CT molecular complexity index is 414. The van der Waals surface area contributed by atoms with Crippen LogP contribution in [0, 0.1) is 3.57 Å². The number of benzene rings is 1. The van der Waals surface area contributed by atoms with Crippen LogP contribution in [0.2, 0.25) is 0 Å². The van der Waals surface area contributed by atoms with Crippen molar-refractivity contribution in [1.82, 2.24) is 4.90 Å². The van der Waals surface area contributed by atoms with E-state index in [2.05, 4.69) is 34.5 Å². The number of anilines is 1. The summed E-state index contributed by atoms with van der Waals surface area (Å²) in [7, 11) is 2.08. The van der Waals surface area contributed by atoms with Crippen LogP contribution in [0.15, 0.2) is 24.3 Å².